The lowest BCUT2D eigenvalue weighted by atomic mass is 9.94. The first-order valence-electron chi connectivity index (χ1n) is 31.8. The van der Waals surface area contributed by atoms with Crippen molar-refractivity contribution in [2.24, 2.45) is 0 Å². The van der Waals surface area contributed by atoms with E-state index < -0.39 is 98.0 Å². The van der Waals surface area contributed by atoms with E-state index in [0.717, 1.165) is 44.5 Å². The number of benzene rings is 8. The third-order valence-electron chi connectivity index (χ3n) is 16.4. The van der Waals surface area contributed by atoms with Crippen molar-refractivity contribution in [3.8, 4) is 0 Å². The fourth-order valence-corrected chi connectivity index (χ4v) is 11.7. The molecule has 17 nitrogen and oxygen atoms in total. The monoisotopic (exact) mass is 1270 g/mol. The van der Waals surface area contributed by atoms with E-state index in [1.165, 1.54) is 6.92 Å². The Labute approximate surface area is 544 Å². The molecule has 3 fully saturated rings. The number of nitrogens with one attached hydrogen (secondary N) is 1. The summed E-state index contributed by atoms with van der Waals surface area (Å²) in [5, 5.41) is 27.9. The first-order chi connectivity index (χ1) is 45.8. The summed E-state index contributed by atoms with van der Waals surface area (Å²) in [4.78, 5) is 13.7. The van der Waals surface area contributed by atoms with Gasteiger partial charge < -0.3 is 77.1 Å². The standard InChI is InChI=1S/C76H83NO16/c1-53(78)77-65-69(85-46-58-34-18-6-19-35-58)66(79)62(50-81-42-54-26-10-2-11-27-54)90-75(65)93-71-67(84-45-57-32-16-5-17-33-57)63(51-82-43-55-28-12-3-13-29-55)91-76(73(71)88-49-61-40-24-9-25-41-61)92-68-64(52-83-44-56-30-14-4-15-31-56)89-74(80)72(87-48-60-38-22-8-23-39-60)70(68)86-47-59-36-20-7-21-37-59/h2-41,62-76,79-80H,42-52H2,1H3,(H,77,78)/t62-,63-,64-,65-,66-,67+,68-,69-,70+,71+,72-,73-,74-,75+,76+/m1/s1. The van der Waals surface area contributed by atoms with Crippen LogP contribution in [0.25, 0.3) is 0 Å². The molecule has 488 valence electrons. The maximum absolute atomic E-state index is 13.7. The molecule has 8 aromatic rings. The molecule has 3 heterocycles. The van der Waals surface area contributed by atoms with E-state index in [1.54, 1.807) is 0 Å². The van der Waals surface area contributed by atoms with Gasteiger partial charge in [-0.15, -0.1) is 0 Å². The zero-order valence-electron chi connectivity index (χ0n) is 52.1. The SMILES string of the molecule is CC(=O)N[C@H]1[C@H](O[C@H]2[C@@H](OCc3ccccc3)[C@@H](COCc3ccccc3)O[C@@H](O[C@H]3[C@H](OCc4ccccc4)[C@@H](OCc4ccccc4)[C@H](O)O[C@@H]3COCc3ccccc3)[C@@H]2OCc2ccccc2)O[C@H](COCc2ccccc2)[C@@H](O)[C@@H]1OCc1ccccc1. The molecule has 0 spiro atoms. The normalized spacial score (nSPS) is 26.3. The van der Waals surface area contributed by atoms with E-state index in [1.807, 2.05) is 243 Å². The molecular weight excluding hydrogens is 1180 g/mol. The van der Waals surface area contributed by atoms with Gasteiger partial charge in [-0.05, 0) is 44.5 Å². The molecule has 0 unspecified atom stereocenters. The molecule has 3 N–H and O–H groups in total. The maximum Gasteiger partial charge on any atom is 0.217 e. The van der Waals surface area contributed by atoms with Crippen LogP contribution >= 0.6 is 0 Å². The van der Waals surface area contributed by atoms with E-state index in [4.69, 9.17) is 61.6 Å². The van der Waals surface area contributed by atoms with Gasteiger partial charge in [0, 0.05) is 6.92 Å². The smallest absolute Gasteiger partial charge is 0.217 e. The van der Waals surface area contributed by atoms with Crippen molar-refractivity contribution in [2.75, 3.05) is 19.8 Å². The van der Waals surface area contributed by atoms with Gasteiger partial charge in [0.05, 0.1) is 72.7 Å². The van der Waals surface area contributed by atoms with Gasteiger partial charge in [-0.3, -0.25) is 4.79 Å². The van der Waals surface area contributed by atoms with Crippen molar-refractivity contribution in [3.05, 3.63) is 287 Å². The Morgan fingerprint density at radius 2 is 0.634 bits per heavy atom. The number of rotatable bonds is 32. The van der Waals surface area contributed by atoms with Crippen molar-refractivity contribution in [1.82, 2.24) is 5.32 Å². The average Bonchev–Trinajstić information content (AvgIpc) is 0.907. The maximum atomic E-state index is 13.7. The van der Waals surface area contributed by atoms with Crippen LogP contribution in [0.1, 0.15) is 51.4 Å². The first kappa shape index (κ1) is 67.1. The molecular formula is C76H83NO16. The van der Waals surface area contributed by atoms with Gasteiger partial charge in [-0.25, -0.2) is 0 Å². The highest BCUT2D eigenvalue weighted by Crippen LogP contribution is 2.38. The fraction of sp³-hybridized carbons (Fsp3) is 0.355. The second-order valence-electron chi connectivity index (χ2n) is 23.4. The minimum atomic E-state index is -1.52. The number of aliphatic hydroxyl groups excluding tert-OH is 2. The van der Waals surface area contributed by atoms with Crippen LogP contribution in [0, 0.1) is 0 Å². The van der Waals surface area contributed by atoms with Crippen LogP contribution in [0.2, 0.25) is 0 Å². The minimum Gasteiger partial charge on any atom is -0.388 e. The summed E-state index contributed by atoms with van der Waals surface area (Å²) in [6.45, 7) is 2.17. The Kier molecular flexibility index (Phi) is 25.4. The highest BCUT2D eigenvalue weighted by molar-refractivity contribution is 5.73. The second kappa shape index (κ2) is 35.2. The number of hydrogen-bond donors (Lipinski definition) is 3. The third kappa shape index (κ3) is 19.6. The summed E-state index contributed by atoms with van der Waals surface area (Å²) in [5.74, 6) is -0.434. The van der Waals surface area contributed by atoms with Crippen molar-refractivity contribution in [1.29, 1.82) is 0 Å². The Hall–Kier alpha value is -7.37. The molecule has 1 amide bonds. The molecule has 0 radical (unpaired) electrons. The fourth-order valence-electron chi connectivity index (χ4n) is 11.7. The molecule has 11 rings (SSSR count). The number of carbonyl (C=O) groups excluding carboxylic acids is 1. The largest absolute Gasteiger partial charge is 0.388 e. The first-order valence-corrected chi connectivity index (χ1v) is 31.8. The van der Waals surface area contributed by atoms with E-state index in [0.29, 0.717) is 0 Å². The molecule has 8 aromatic carbocycles. The summed E-state index contributed by atoms with van der Waals surface area (Å²) in [6, 6.07) is 76.4. The molecule has 0 bridgehead atoms. The summed E-state index contributed by atoms with van der Waals surface area (Å²) in [6.07, 6.45) is -16.7. The predicted octanol–water partition coefficient (Wildman–Crippen LogP) is 10.4. The zero-order chi connectivity index (χ0) is 63.8. The Balaban J connectivity index is 1.02. The molecule has 0 saturated carbocycles. The minimum absolute atomic E-state index is 0.0214. The molecule has 93 heavy (non-hydrogen) atoms. The lowest BCUT2D eigenvalue weighted by Crippen LogP contribution is -2.69. The second-order valence-corrected chi connectivity index (χ2v) is 23.4. The summed E-state index contributed by atoms with van der Waals surface area (Å²) in [5.41, 5.74) is 6.98. The quantitative estimate of drug-likeness (QED) is 0.0361. The summed E-state index contributed by atoms with van der Waals surface area (Å²) < 4.78 is 90.5. The van der Waals surface area contributed by atoms with Gasteiger partial charge in [0.15, 0.2) is 18.9 Å². The van der Waals surface area contributed by atoms with Crippen LogP contribution in [-0.2, 0) is 119 Å². The summed E-state index contributed by atoms with van der Waals surface area (Å²) >= 11 is 0. The molecule has 3 saturated heterocycles. The molecule has 15 atom stereocenters. The number of aliphatic hydroxyl groups is 2. The summed E-state index contributed by atoms with van der Waals surface area (Å²) in [7, 11) is 0. The van der Waals surface area contributed by atoms with Gasteiger partial charge in [-0.2, -0.15) is 0 Å². The van der Waals surface area contributed by atoms with Gasteiger partial charge in [-0.1, -0.05) is 243 Å². The number of hydrogen-bond acceptors (Lipinski definition) is 16. The van der Waals surface area contributed by atoms with Gasteiger partial charge in [0.2, 0.25) is 5.91 Å². The number of ether oxygens (including phenoxy) is 13. The topological polar surface area (TPSA) is 190 Å². The van der Waals surface area contributed by atoms with E-state index in [9.17, 15) is 15.0 Å². The van der Waals surface area contributed by atoms with Gasteiger partial charge in [0.25, 0.3) is 0 Å². The molecule has 17 heteroatoms. The Bertz CT molecular complexity index is 3370. The van der Waals surface area contributed by atoms with Crippen molar-refractivity contribution >= 4 is 5.91 Å². The van der Waals surface area contributed by atoms with Crippen molar-refractivity contribution in [2.45, 2.75) is 152 Å². The van der Waals surface area contributed by atoms with Gasteiger partial charge in [0.1, 0.15) is 73.2 Å². The van der Waals surface area contributed by atoms with Crippen molar-refractivity contribution < 1.29 is 76.6 Å². The zero-order valence-corrected chi connectivity index (χ0v) is 52.1. The van der Waals surface area contributed by atoms with Crippen LogP contribution in [-0.4, -0.2) is 128 Å². The van der Waals surface area contributed by atoms with Gasteiger partial charge >= 0.3 is 0 Å². The van der Waals surface area contributed by atoms with Crippen LogP contribution in [0.15, 0.2) is 243 Å². The van der Waals surface area contributed by atoms with Crippen LogP contribution in [0.4, 0.5) is 0 Å². The molecule has 0 aliphatic carbocycles. The predicted molar refractivity (Wildman–Crippen MR) is 345 cm³/mol. The molecule has 3 aliphatic rings. The molecule has 0 aromatic heterocycles. The van der Waals surface area contributed by atoms with Crippen molar-refractivity contribution in [3.63, 3.8) is 0 Å². The molecule has 3 aliphatic heterocycles. The lowest BCUT2D eigenvalue weighted by molar-refractivity contribution is -0.387. The van der Waals surface area contributed by atoms with E-state index >= 15 is 0 Å². The highest BCUT2D eigenvalue weighted by atomic mass is 16.8. The van der Waals surface area contributed by atoms with E-state index in [-0.39, 0.29) is 72.7 Å². The highest BCUT2D eigenvalue weighted by Gasteiger charge is 2.57. The average molecular weight is 1270 g/mol. The van der Waals surface area contributed by atoms with Crippen LogP contribution in [0.3, 0.4) is 0 Å². The van der Waals surface area contributed by atoms with E-state index in [2.05, 4.69) is 5.32 Å². The number of carbonyl (C=O) groups is 1. The van der Waals surface area contributed by atoms with Crippen LogP contribution in [0.5, 0.6) is 0 Å². The third-order valence-corrected chi connectivity index (χ3v) is 16.4. The lowest BCUT2D eigenvalue weighted by Gasteiger charge is -2.51. The Morgan fingerprint density at radius 3 is 1.02 bits per heavy atom. The van der Waals surface area contributed by atoms with Crippen LogP contribution < -0.4 is 5.32 Å². The Morgan fingerprint density at radius 1 is 0.333 bits per heavy atom. The number of amides is 1.